The van der Waals surface area contributed by atoms with Crippen LogP contribution in [0.15, 0.2) is 35.1 Å². The fraction of sp³-hybridized carbons (Fsp3) is 0.143. The van der Waals surface area contributed by atoms with E-state index < -0.39 is 11.5 Å². The molecule has 0 fully saturated rings. The molecule has 1 aromatic heterocycles. The van der Waals surface area contributed by atoms with E-state index in [0.717, 1.165) is 0 Å². The van der Waals surface area contributed by atoms with Gasteiger partial charge in [0.15, 0.2) is 0 Å². The third-order valence-electron chi connectivity index (χ3n) is 2.77. The van der Waals surface area contributed by atoms with E-state index in [9.17, 15) is 14.7 Å². The lowest BCUT2D eigenvalue weighted by Crippen LogP contribution is -2.23. The summed E-state index contributed by atoms with van der Waals surface area (Å²) in [6.45, 7) is 3.49. The molecule has 0 saturated heterocycles. The third kappa shape index (κ3) is 2.82. The third-order valence-corrected chi connectivity index (χ3v) is 2.77. The van der Waals surface area contributed by atoms with Crippen molar-refractivity contribution in [3.63, 3.8) is 0 Å². The Kier molecular flexibility index (Phi) is 3.37. The topological polar surface area (TPSA) is 82.2 Å². The number of carbonyl (C=O) groups is 1. The molecule has 3 N–H and O–H groups in total. The van der Waals surface area contributed by atoms with Gasteiger partial charge in [0.05, 0.1) is 0 Å². The maximum atomic E-state index is 11.9. The van der Waals surface area contributed by atoms with Gasteiger partial charge in [-0.3, -0.25) is 9.59 Å². The second-order valence-electron chi connectivity index (χ2n) is 4.34. The molecule has 1 amide bonds. The van der Waals surface area contributed by atoms with E-state index in [4.69, 9.17) is 0 Å². The van der Waals surface area contributed by atoms with E-state index in [1.54, 1.807) is 32.0 Å². The number of rotatable bonds is 2. The van der Waals surface area contributed by atoms with Crippen LogP contribution < -0.4 is 10.9 Å². The molecule has 1 aromatic carbocycles. The minimum absolute atomic E-state index is 0.0330. The standard InChI is InChI=1S/C14H14N2O3/c1-8-3-5-10(7-12(8)17)16-14(19)11-6-4-9(2)15-13(11)18/h3-7,17H,1-2H3,(H,15,18)(H,16,19). The number of nitrogens with one attached hydrogen (secondary N) is 2. The van der Waals surface area contributed by atoms with Gasteiger partial charge >= 0.3 is 0 Å². The van der Waals surface area contributed by atoms with Crippen LogP contribution in [0, 0.1) is 13.8 Å². The smallest absolute Gasteiger partial charge is 0.261 e. The van der Waals surface area contributed by atoms with Crippen LogP contribution in [0.25, 0.3) is 0 Å². The number of aromatic hydroxyl groups is 1. The minimum atomic E-state index is -0.510. The average molecular weight is 258 g/mol. The van der Waals surface area contributed by atoms with Crippen molar-refractivity contribution < 1.29 is 9.90 Å². The molecule has 0 aliphatic rings. The molecule has 5 nitrogen and oxygen atoms in total. The summed E-state index contributed by atoms with van der Waals surface area (Å²) in [4.78, 5) is 26.1. The van der Waals surface area contributed by atoms with Crippen LogP contribution in [0.4, 0.5) is 5.69 Å². The Balaban J connectivity index is 2.25. The Morgan fingerprint density at radius 3 is 2.58 bits per heavy atom. The zero-order valence-electron chi connectivity index (χ0n) is 10.7. The van der Waals surface area contributed by atoms with E-state index in [-0.39, 0.29) is 11.3 Å². The molecule has 0 spiro atoms. The molecular weight excluding hydrogens is 244 g/mol. The average Bonchev–Trinajstić information content (AvgIpc) is 2.33. The van der Waals surface area contributed by atoms with Gasteiger partial charge in [0.2, 0.25) is 0 Å². The van der Waals surface area contributed by atoms with Gasteiger partial charge < -0.3 is 15.4 Å². The molecule has 98 valence electrons. The molecule has 0 bridgehead atoms. The number of benzene rings is 1. The predicted octanol–water partition coefficient (Wildman–Crippen LogP) is 1.95. The molecule has 5 heteroatoms. The number of phenols is 1. The van der Waals surface area contributed by atoms with Gasteiger partial charge in [-0.1, -0.05) is 6.07 Å². The summed E-state index contributed by atoms with van der Waals surface area (Å²) >= 11 is 0. The van der Waals surface area contributed by atoms with Crippen molar-refractivity contribution >= 4 is 11.6 Å². The van der Waals surface area contributed by atoms with Crippen molar-refractivity contribution in [1.82, 2.24) is 4.98 Å². The number of aromatic nitrogens is 1. The number of phenolic OH excluding ortho intramolecular Hbond substituents is 1. The Bertz CT molecular complexity index is 689. The maximum Gasteiger partial charge on any atom is 0.261 e. The Morgan fingerprint density at radius 2 is 1.95 bits per heavy atom. The van der Waals surface area contributed by atoms with Crippen molar-refractivity contribution in [3.8, 4) is 5.75 Å². The first-order valence-electron chi connectivity index (χ1n) is 5.78. The molecule has 19 heavy (non-hydrogen) atoms. The van der Waals surface area contributed by atoms with Crippen LogP contribution in [-0.4, -0.2) is 16.0 Å². The summed E-state index contributed by atoms with van der Waals surface area (Å²) in [5, 5.41) is 12.1. The zero-order valence-corrected chi connectivity index (χ0v) is 10.7. The van der Waals surface area contributed by atoms with Crippen LogP contribution >= 0.6 is 0 Å². The fourth-order valence-corrected chi connectivity index (χ4v) is 1.64. The van der Waals surface area contributed by atoms with Gasteiger partial charge in [0.25, 0.3) is 11.5 Å². The second kappa shape index (κ2) is 4.97. The summed E-state index contributed by atoms with van der Waals surface area (Å²) < 4.78 is 0. The van der Waals surface area contributed by atoms with E-state index in [1.165, 1.54) is 12.1 Å². The summed E-state index contributed by atoms with van der Waals surface area (Å²) in [6.07, 6.45) is 0. The molecule has 0 aliphatic heterocycles. The summed E-state index contributed by atoms with van der Waals surface area (Å²) in [5.41, 5.74) is 1.44. The van der Waals surface area contributed by atoms with Crippen LogP contribution in [0.5, 0.6) is 5.75 Å². The highest BCUT2D eigenvalue weighted by Crippen LogP contribution is 2.20. The number of amides is 1. The van der Waals surface area contributed by atoms with Crippen molar-refractivity contribution in [2.45, 2.75) is 13.8 Å². The lowest BCUT2D eigenvalue weighted by Gasteiger charge is -2.06. The number of pyridine rings is 1. The summed E-state index contributed by atoms with van der Waals surface area (Å²) in [6, 6.07) is 7.91. The van der Waals surface area contributed by atoms with Crippen molar-refractivity contribution in [2.75, 3.05) is 5.32 Å². The van der Waals surface area contributed by atoms with Crippen LogP contribution in [0.3, 0.4) is 0 Å². The first-order valence-corrected chi connectivity index (χ1v) is 5.78. The van der Waals surface area contributed by atoms with Gasteiger partial charge in [-0.15, -0.1) is 0 Å². The van der Waals surface area contributed by atoms with E-state index in [1.807, 2.05) is 0 Å². The van der Waals surface area contributed by atoms with Crippen molar-refractivity contribution in [3.05, 3.63) is 57.5 Å². The number of hydrogen-bond acceptors (Lipinski definition) is 3. The minimum Gasteiger partial charge on any atom is -0.508 e. The monoisotopic (exact) mass is 258 g/mol. The van der Waals surface area contributed by atoms with Crippen LogP contribution in [0.2, 0.25) is 0 Å². The van der Waals surface area contributed by atoms with Crippen molar-refractivity contribution in [1.29, 1.82) is 0 Å². The Hall–Kier alpha value is -2.56. The summed E-state index contributed by atoms with van der Waals surface area (Å²) in [7, 11) is 0. The number of anilines is 1. The fourth-order valence-electron chi connectivity index (χ4n) is 1.64. The molecule has 2 aromatic rings. The second-order valence-corrected chi connectivity index (χ2v) is 4.34. The van der Waals surface area contributed by atoms with Crippen molar-refractivity contribution in [2.24, 2.45) is 0 Å². The van der Waals surface area contributed by atoms with E-state index in [2.05, 4.69) is 10.3 Å². The SMILES string of the molecule is Cc1ccc(C(=O)Nc2ccc(C)c(O)c2)c(=O)[nH]1. The Morgan fingerprint density at radius 1 is 1.21 bits per heavy atom. The lowest BCUT2D eigenvalue weighted by atomic mass is 10.2. The highest BCUT2D eigenvalue weighted by molar-refractivity contribution is 6.04. The first kappa shape index (κ1) is 12.9. The number of carbonyl (C=O) groups excluding carboxylic acids is 1. The molecule has 1 heterocycles. The first-order chi connectivity index (χ1) is 8.97. The highest BCUT2D eigenvalue weighted by Gasteiger charge is 2.11. The van der Waals surface area contributed by atoms with Gasteiger partial charge in [-0.05, 0) is 37.6 Å². The Labute approximate surface area is 109 Å². The number of aryl methyl sites for hydroxylation is 2. The molecule has 2 rings (SSSR count). The quantitative estimate of drug-likeness (QED) is 0.770. The number of aromatic amines is 1. The highest BCUT2D eigenvalue weighted by atomic mass is 16.3. The van der Waals surface area contributed by atoms with Gasteiger partial charge in [0, 0.05) is 17.4 Å². The van der Waals surface area contributed by atoms with Crippen LogP contribution in [-0.2, 0) is 0 Å². The molecular formula is C14H14N2O3. The molecule has 0 unspecified atom stereocenters. The van der Waals surface area contributed by atoms with Gasteiger partial charge in [-0.25, -0.2) is 0 Å². The number of hydrogen-bond donors (Lipinski definition) is 3. The number of H-pyrrole nitrogens is 1. The lowest BCUT2D eigenvalue weighted by molar-refractivity contribution is 0.102. The summed E-state index contributed by atoms with van der Waals surface area (Å²) in [5.74, 6) is -0.417. The maximum absolute atomic E-state index is 11.9. The molecule has 0 saturated carbocycles. The molecule has 0 radical (unpaired) electrons. The predicted molar refractivity (Wildman–Crippen MR) is 72.6 cm³/mol. The normalized spacial score (nSPS) is 10.2. The van der Waals surface area contributed by atoms with Gasteiger partial charge in [-0.2, -0.15) is 0 Å². The van der Waals surface area contributed by atoms with E-state index >= 15 is 0 Å². The zero-order chi connectivity index (χ0) is 14.0. The van der Waals surface area contributed by atoms with E-state index in [0.29, 0.717) is 16.9 Å². The molecule has 0 atom stereocenters. The largest absolute Gasteiger partial charge is 0.508 e. The van der Waals surface area contributed by atoms with Crippen LogP contribution in [0.1, 0.15) is 21.6 Å². The van der Waals surface area contributed by atoms with Gasteiger partial charge in [0.1, 0.15) is 11.3 Å². The molecule has 0 aliphatic carbocycles.